The summed E-state index contributed by atoms with van der Waals surface area (Å²) in [4.78, 5) is 24.8. The quantitative estimate of drug-likeness (QED) is 0.642. The lowest BCUT2D eigenvalue weighted by atomic mass is 9.94. The first-order chi connectivity index (χ1) is 10.5. The van der Waals surface area contributed by atoms with E-state index in [0.29, 0.717) is 0 Å². The summed E-state index contributed by atoms with van der Waals surface area (Å²) in [5, 5.41) is 10.7. The molecule has 0 spiro atoms. The van der Waals surface area contributed by atoms with Crippen molar-refractivity contribution in [2.75, 3.05) is 11.9 Å². The molecule has 1 aliphatic carbocycles. The lowest BCUT2D eigenvalue weighted by molar-refractivity contribution is -0.384. The maximum Gasteiger partial charge on any atom is 0.269 e. The van der Waals surface area contributed by atoms with Crippen LogP contribution in [0.1, 0.15) is 18.4 Å². The monoisotopic (exact) mass is 296 g/mol. The molecule has 1 aliphatic rings. The first kappa shape index (κ1) is 14.3. The molecule has 0 N–H and O–H groups in total. The predicted octanol–water partition coefficient (Wildman–Crippen LogP) is 3.29. The first-order valence-corrected chi connectivity index (χ1v) is 7.13. The molecule has 0 aliphatic heterocycles. The van der Waals surface area contributed by atoms with Crippen molar-refractivity contribution in [3.63, 3.8) is 0 Å². The summed E-state index contributed by atoms with van der Waals surface area (Å²) < 4.78 is 0. The van der Waals surface area contributed by atoms with Crippen molar-refractivity contribution in [2.24, 2.45) is 0 Å². The van der Waals surface area contributed by atoms with Crippen LogP contribution in [0.15, 0.2) is 54.6 Å². The van der Waals surface area contributed by atoms with Gasteiger partial charge >= 0.3 is 0 Å². The van der Waals surface area contributed by atoms with Gasteiger partial charge in [-0.05, 0) is 30.5 Å². The van der Waals surface area contributed by atoms with Crippen molar-refractivity contribution in [1.29, 1.82) is 0 Å². The van der Waals surface area contributed by atoms with E-state index in [1.165, 1.54) is 12.1 Å². The highest BCUT2D eigenvalue weighted by Crippen LogP contribution is 2.50. The van der Waals surface area contributed by atoms with Gasteiger partial charge in [0.25, 0.3) is 5.69 Å². The van der Waals surface area contributed by atoms with Crippen LogP contribution in [-0.2, 0) is 10.2 Å². The molecule has 0 aromatic heterocycles. The summed E-state index contributed by atoms with van der Waals surface area (Å²) in [6.07, 6.45) is 1.56. The van der Waals surface area contributed by atoms with Gasteiger partial charge in [-0.15, -0.1) is 0 Å². The number of para-hydroxylation sites is 1. The van der Waals surface area contributed by atoms with Crippen LogP contribution in [0.4, 0.5) is 11.4 Å². The number of benzene rings is 2. The Labute approximate surface area is 128 Å². The van der Waals surface area contributed by atoms with E-state index in [-0.39, 0.29) is 11.6 Å². The number of likely N-dealkylation sites (N-methyl/N-ethyl adjacent to an activating group) is 1. The molecule has 22 heavy (non-hydrogen) atoms. The molecule has 0 unspecified atom stereocenters. The number of nitro groups is 1. The summed E-state index contributed by atoms with van der Waals surface area (Å²) in [5.74, 6) is 0.0348. The molecule has 1 saturated carbocycles. The number of hydrogen-bond acceptors (Lipinski definition) is 3. The zero-order valence-corrected chi connectivity index (χ0v) is 12.2. The SMILES string of the molecule is CN(C(=O)C1(c2ccc([N+](=O)[O-])cc2)CC1)c1ccccc1. The second kappa shape index (κ2) is 5.26. The average molecular weight is 296 g/mol. The molecule has 112 valence electrons. The van der Waals surface area contributed by atoms with Gasteiger partial charge in [0.15, 0.2) is 0 Å². The number of carbonyl (C=O) groups is 1. The number of non-ortho nitro benzene ring substituents is 1. The lowest BCUT2D eigenvalue weighted by Gasteiger charge is -2.24. The fourth-order valence-corrected chi connectivity index (χ4v) is 2.74. The zero-order chi connectivity index (χ0) is 15.7. The van der Waals surface area contributed by atoms with E-state index in [0.717, 1.165) is 24.1 Å². The molecule has 0 radical (unpaired) electrons. The Morgan fingerprint density at radius 1 is 1.09 bits per heavy atom. The van der Waals surface area contributed by atoms with E-state index in [9.17, 15) is 14.9 Å². The third kappa shape index (κ3) is 2.35. The third-order valence-corrected chi connectivity index (χ3v) is 4.24. The average Bonchev–Trinajstić information content (AvgIpc) is 3.36. The molecule has 0 bridgehead atoms. The van der Waals surface area contributed by atoms with Crippen LogP contribution in [0.2, 0.25) is 0 Å². The summed E-state index contributed by atoms with van der Waals surface area (Å²) in [5.41, 5.74) is 1.22. The Bertz CT molecular complexity index is 706. The Morgan fingerprint density at radius 2 is 1.68 bits per heavy atom. The minimum Gasteiger partial charge on any atom is -0.315 e. The number of nitrogens with zero attached hydrogens (tertiary/aromatic N) is 2. The minimum atomic E-state index is -0.528. The van der Waals surface area contributed by atoms with Gasteiger partial charge in [0.1, 0.15) is 0 Å². The molecule has 3 rings (SSSR count). The van der Waals surface area contributed by atoms with Gasteiger partial charge in [-0.2, -0.15) is 0 Å². The number of rotatable bonds is 4. The smallest absolute Gasteiger partial charge is 0.269 e. The second-order valence-corrected chi connectivity index (χ2v) is 5.59. The largest absolute Gasteiger partial charge is 0.315 e. The van der Waals surface area contributed by atoms with Crippen LogP contribution in [-0.4, -0.2) is 17.9 Å². The van der Waals surface area contributed by atoms with Crippen LogP contribution in [0.3, 0.4) is 0 Å². The number of carbonyl (C=O) groups excluding carboxylic acids is 1. The van der Waals surface area contributed by atoms with Gasteiger partial charge in [0.05, 0.1) is 10.3 Å². The first-order valence-electron chi connectivity index (χ1n) is 7.13. The molecule has 0 atom stereocenters. The third-order valence-electron chi connectivity index (χ3n) is 4.24. The second-order valence-electron chi connectivity index (χ2n) is 5.59. The number of hydrogen-bond donors (Lipinski definition) is 0. The normalized spacial score (nSPS) is 15.1. The molecule has 0 saturated heterocycles. The van der Waals surface area contributed by atoms with E-state index in [1.807, 2.05) is 30.3 Å². The van der Waals surface area contributed by atoms with Gasteiger partial charge in [0.2, 0.25) is 5.91 Å². The van der Waals surface area contributed by atoms with Crippen LogP contribution < -0.4 is 4.90 Å². The Hall–Kier alpha value is -2.69. The predicted molar refractivity (Wildman–Crippen MR) is 83.9 cm³/mol. The van der Waals surface area contributed by atoms with Gasteiger partial charge in [0, 0.05) is 24.9 Å². The van der Waals surface area contributed by atoms with Gasteiger partial charge < -0.3 is 4.90 Å². The molecule has 2 aromatic rings. The maximum atomic E-state index is 12.8. The molecular formula is C17H16N2O3. The van der Waals surface area contributed by atoms with Crippen molar-refractivity contribution in [1.82, 2.24) is 0 Å². The standard InChI is InChI=1S/C17H16N2O3/c1-18(14-5-3-2-4-6-14)16(20)17(11-12-17)13-7-9-15(10-8-13)19(21)22/h2-10H,11-12H2,1H3. The van der Waals surface area contributed by atoms with E-state index in [1.54, 1.807) is 24.1 Å². The Kier molecular flexibility index (Phi) is 3.41. The van der Waals surface area contributed by atoms with Crippen LogP contribution >= 0.6 is 0 Å². The van der Waals surface area contributed by atoms with Crippen LogP contribution in [0.5, 0.6) is 0 Å². The molecular weight excluding hydrogens is 280 g/mol. The summed E-state index contributed by atoms with van der Waals surface area (Å²) >= 11 is 0. The van der Waals surface area contributed by atoms with E-state index < -0.39 is 10.3 Å². The van der Waals surface area contributed by atoms with Crippen molar-refractivity contribution in [2.45, 2.75) is 18.3 Å². The van der Waals surface area contributed by atoms with Crippen molar-refractivity contribution in [3.8, 4) is 0 Å². The van der Waals surface area contributed by atoms with Crippen LogP contribution in [0, 0.1) is 10.1 Å². The highest BCUT2D eigenvalue weighted by atomic mass is 16.6. The van der Waals surface area contributed by atoms with Gasteiger partial charge in [-0.25, -0.2) is 0 Å². The van der Waals surface area contributed by atoms with Crippen molar-refractivity contribution in [3.05, 3.63) is 70.3 Å². The van der Waals surface area contributed by atoms with Crippen molar-refractivity contribution < 1.29 is 9.72 Å². The highest BCUT2D eigenvalue weighted by molar-refractivity contribution is 6.02. The molecule has 1 fully saturated rings. The summed E-state index contributed by atoms with van der Waals surface area (Å²) in [7, 11) is 1.77. The summed E-state index contributed by atoms with van der Waals surface area (Å²) in [6.45, 7) is 0. The molecule has 0 heterocycles. The van der Waals surface area contributed by atoms with E-state index >= 15 is 0 Å². The number of amides is 1. The molecule has 5 nitrogen and oxygen atoms in total. The lowest BCUT2D eigenvalue weighted by Crippen LogP contribution is -2.36. The Morgan fingerprint density at radius 3 is 2.18 bits per heavy atom. The van der Waals surface area contributed by atoms with E-state index in [4.69, 9.17) is 0 Å². The molecule has 1 amide bonds. The fraction of sp³-hybridized carbons (Fsp3) is 0.235. The van der Waals surface area contributed by atoms with Gasteiger partial charge in [-0.1, -0.05) is 30.3 Å². The van der Waals surface area contributed by atoms with Crippen LogP contribution in [0.25, 0.3) is 0 Å². The number of nitro benzene ring substituents is 1. The van der Waals surface area contributed by atoms with E-state index in [2.05, 4.69) is 0 Å². The fourth-order valence-electron chi connectivity index (χ4n) is 2.74. The highest BCUT2D eigenvalue weighted by Gasteiger charge is 2.52. The van der Waals surface area contributed by atoms with Gasteiger partial charge in [-0.3, -0.25) is 14.9 Å². The Balaban J connectivity index is 1.87. The summed E-state index contributed by atoms with van der Waals surface area (Å²) in [6, 6.07) is 15.8. The topological polar surface area (TPSA) is 63.5 Å². The number of anilines is 1. The minimum absolute atomic E-state index is 0.0348. The molecule has 5 heteroatoms. The molecule has 2 aromatic carbocycles. The zero-order valence-electron chi connectivity index (χ0n) is 12.2. The maximum absolute atomic E-state index is 12.8. The van der Waals surface area contributed by atoms with Crippen molar-refractivity contribution >= 4 is 17.3 Å².